The van der Waals surface area contributed by atoms with Crippen LogP contribution in [0.1, 0.15) is 61.3 Å². The van der Waals surface area contributed by atoms with E-state index in [0.717, 1.165) is 12.8 Å². The third-order valence-electron chi connectivity index (χ3n) is 2.71. The number of rotatable bonds is 4. The Morgan fingerprint density at radius 2 is 1.50 bits per heavy atom. The summed E-state index contributed by atoms with van der Waals surface area (Å²) in [6.45, 7) is 15.3. The van der Waals surface area contributed by atoms with Crippen molar-refractivity contribution in [2.45, 2.75) is 61.3 Å². The molecule has 0 aromatic heterocycles. The summed E-state index contributed by atoms with van der Waals surface area (Å²) in [6.07, 6.45) is 2.01. The van der Waals surface area contributed by atoms with Crippen molar-refractivity contribution < 1.29 is 9.53 Å². The summed E-state index contributed by atoms with van der Waals surface area (Å²) in [5.41, 5.74) is -0.108. The first kappa shape index (κ1) is 15.5. The molecule has 2 heteroatoms. The molecule has 96 valence electrons. The molecule has 2 nitrogen and oxygen atoms in total. The first-order chi connectivity index (χ1) is 7.10. The van der Waals surface area contributed by atoms with Gasteiger partial charge in [0.15, 0.2) is 0 Å². The van der Waals surface area contributed by atoms with Crippen LogP contribution in [0, 0.1) is 16.7 Å². The number of carbonyl (C=O) groups is 1. The summed E-state index contributed by atoms with van der Waals surface area (Å²) in [7, 11) is 0. The molecule has 0 saturated carbocycles. The van der Waals surface area contributed by atoms with E-state index in [9.17, 15) is 4.79 Å². The van der Waals surface area contributed by atoms with E-state index in [2.05, 4.69) is 48.5 Å². The lowest BCUT2D eigenvalue weighted by atomic mass is 9.67. The molecule has 16 heavy (non-hydrogen) atoms. The van der Waals surface area contributed by atoms with Crippen LogP contribution in [-0.4, -0.2) is 12.6 Å². The maximum Gasteiger partial charge on any atom is 0.309 e. The van der Waals surface area contributed by atoms with Gasteiger partial charge in [-0.3, -0.25) is 4.79 Å². The second-order valence-corrected chi connectivity index (χ2v) is 6.69. The van der Waals surface area contributed by atoms with Gasteiger partial charge in [0.25, 0.3) is 0 Å². The van der Waals surface area contributed by atoms with Gasteiger partial charge in [-0.15, -0.1) is 0 Å². The zero-order valence-electron chi connectivity index (χ0n) is 12.0. The fourth-order valence-corrected chi connectivity index (χ4v) is 2.41. The minimum atomic E-state index is -0.0585. The molecule has 0 spiro atoms. The predicted octanol–water partition coefficient (Wildman–Crippen LogP) is 4.04. The lowest BCUT2D eigenvalue weighted by Crippen LogP contribution is -2.40. The molecule has 0 aliphatic rings. The SMILES string of the molecule is CCCCOC(=O)C(C(C)(C)C)C(C)(C)C. The predicted molar refractivity (Wildman–Crippen MR) is 68.3 cm³/mol. The highest BCUT2D eigenvalue weighted by Crippen LogP contribution is 2.40. The van der Waals surface area contributed by atoms with Gasteiger partial charge in [-0.2, -0.15) is 0 Å². The van der Waals surface area contributed by atoms with Gasteiger partial charge in [0.1, 0.15) is 0 Å². The van der Waals surface area contributed by atoms with E-state index in [0.29, 0.717) is 6.61 Å². The number of esters is 1. The molecule has 0 aliphatic heterocycles. The van der Waals surface area contributed by atoms with Crippen molar-refractivity contribution in [1.82, 2.24) is 0 Å². The Labute approximate surface area is 101 Å². The standard InChI is InChI=1S/C14H28O2/c1-8-9-10-16-12(15)11(13(2,3)4)14(5,6)7/h11H,8-10H2,1-7H3. The Bertz CT molecular complexity index is 204. The Morgan fingerprint density at radius 1 is 1.06 bits per heavy atom. The quantitative estimate of drug-likeness (QED) is 0.536. The molecule has 0 radical (unpaired) electrons. The average molecular weight is 228 g/mol. The first-order valence-electron chi connectivity index (χ1n) is 6.27. The fraction of sp³-hybridized carbons (Fsp3) is 0.929. The highest BCUT2D eigenvalue weighted by molar-refractivity contribution is 5.74. The second-order valence-electron chi connectivity index (χ2n) is 6.69. The van der Waals surface area contributed by atoms with Crippen molar-refractivity contribution in [2.75, 3.05) is 6.61 Å². The molecule has 0 atom stereocenters. The molecule has 0 fully saturated rings. The molecular weight excluding hydrogens is 200 g/mol. The molecule has 0 bridgehead atoms. The molecule has 0 rings (SSSR count). The maximum absolute atomic E-state index is 12.1. The van der Waals surface area contributed by atoms with Crippen molar-refractivity contribution in [3.05, 3.63) is 0 Å². The van der Waals surface area contributed by atoms with Crippen molar-refractivity contribution in [2.24, 2.45) is 16.7 Å². The van der Waals surface area contributed by atoms with Crippen molar-refractivity contribution in [1.29, 1.82) is 0 Å². The fourth-order valence-electron chi connectivity index (χ4n) is 2.41. The topological polar surface area (TPSA) is 26.3 Å². The summed E-state index contributed by atoms with van der Waals surface area (Å²) in [6, 6.07) is 0. The van der Waals surface area contributed by atoms with Crippen LogP contribution in [0.4, 0.5) is 0 Å². The molecule has 0 aromatic carbocycles. The maximum atomic E-state index is 12.1. The first-order valence-corrected chi connectivity index (χ1v) is 6.27. The van der Waals surface area contributed by atoms with Crippen molar-refractivity contribution in [3.63, 3.8) is 0 Å². The summed E-state index contributed by atoms with van der Waals surface area (Å²) >= 11 is 0. The molecular formula is C14H28O2. The lowest BCUT2D eigenvalue weighted by Gasteiger charge is -2.38. The van der Waals surface area contributed by atoms with Gasteiger partial charge < -0.3 is 4.74 Å². The van der Waals surface area contributed by atoms with Gasteiger partial charge in [-0.1, -0.05) is 54.9 Å². The van der Waals surface area contributed by atoms with E-state index in [1.807, 2.05) is 0 Å². The minimum Gasteiger partial charge on any atom is -0.465 e. The van der Waals surface area contributed by atoms with Crippen LogP contribution < -0.4 is 0 Å². The summed E-state index contributed by atoms with van der Waals surface area (Å²) in [5.74, 6) is -0.106. The Kier molecular flexibility index (Phi) is 5.51. The van der Waals surface area contributed by atoms with E-state index >= 15 is 0 Å². The molecule has 0 amide bonds. The Morgan fingerprint density at radius 3 is 1.81 bits per heavy atom. The van der Waals surface area contributed by atoms with Crippen LogP contribution in [0.5, 0.6) is 0 Å². The highest BCUT2D eigenvalue weighted by atomic mass is 16.5. The van der Waals surface area contributed by atoms with E-state index < -0.39 is 0 Å². The van der Waals surface area contributed by atoms with Crippen LogP contribution >= 0.6 is 0 Å². The van der Waals surface area contributed by atoms with Gasteiger partial charge in [0.05, 0.1) is 12.5 Å². The highest BCUT2D eigenvalue weighted by Gasteiger charge is 2.41. The number of ether oxygens (including phenoxy) is 1. The normalized spacial score (nSPS) is 13.0. The second kappa shape index (κ2) is 5.70. The smallest absolute Gasteiger partial charge is 0.309 e. The van der Waals surface area contributed by atoms with Gasteiger partial charge >= 0.3 is 5.97 Å². The average Bonchev–Trinajstić information content (AvgIpc) is 1.98. The van der Waals surface area contributed by atoms with Crippen LogP contribution in [0.15, 0.2) is 0 Å². The van der Waals surface area contributed by atoms with Gasteiger partial charge in [-0.05, 0) is 17.3 Å². The van der Waals surface area contributed by atoms with Gasteiger partial charge in [0, 0.05) is 0 Å². The summed E-state index contributed by atoms with van der Waals surface area (Å²) < 4.78 is 5.36. The van der Waals surface area contributed by atoms with Crippen LogP contribution in [0.25, 0.3) is 0 Å². The number of unbranched alkanes of at least 4 members (excludes halogenated alkanes) is 1. The van der Waals surface area contributed by atoms with E-state index in [1.54, 1.807) is 0 Å². The third kappa shape index (κ3) is 5.00. The van der Waals surface area contributed by atoms with Crippen molar-refractivity contribution >= 4 is 5.97 Å². The lowest BCUT2D eigenvalue weighted by molar-refractivity contribution is -0.158. The van der Waals surface area contributed by atoms with Gasteiger partial charge in [0.2, 0.25) is 0 Å². The largest absolute Gasteiger partial charge is 0.465 e. The van der Waals surface area contributed by atoms with Crippen molar-refractivity contribution in [3.8, 4) is 0 Å². The minimum absolute atomic E-state index is 0.0477. The van der Waals surface area contributed by atoms with E-state index in [-0.39, 0.29) is 22.7 Å². The Hall–Kier alpha value is -0.530. The molecule has 0 heterocycles. The number of carbonyl (C=O) groups excluding carboxylic acids is 1. The molecule has 0 unspecified atom stereocenters. The number of hydrogen-bond acceptors (Lipinski definition) is 2. The monoisotopic (exact) mass is 228 g/mol. The number of hydrogen-bond donors (Lipinski definition) is 0. The third-order valence-corrected chi connectivity index (χ3v) is 2.71. The van der Waals surface area contributed by atoms with E-state index in [4.69, 9.17) is 4.74 Å². The van der Waals surface area contributed by atoms with Crippen LogP contribution in [0.3, 0.4) is 0 Å². The Balaban J connectivity index is 4.61. The molecule has 0 N–H and O–H groups in total. The van der Waals surface area contributed by atoms with Crippen LogP contribution in [-0.2, 0) is 9.53 Å². The molecule has 0 aliphatic carbocycles. The zero-order valence-corrected chi connectivity index (χ0v) is 12.0. The van der Waals surface area contributed by atoms with Gasteiger partial charge in [-0.25, -0.2) is 0 Å². The molecule has 0 saturated heterocycles. The summed E-state index contributed by atoms with van der Waals surface area (Å²) in [4.78, 5) is 12.1. The molecule has 0 aromatic rings. The summed E-state index contributed by atoms with van der Waals surface area (Å²) in [5, 5.41) is 0. The van der Waals surface area contributed by atoms with Crippen LogP contribution in [0.2, 0.25) is 0 Å². The van der Waals surface area contributed by atoms with E-state index in [1.165, 1.54) is 0 Å². The zero-order chi connectivity index (χ0) is 13.0.